The van der Waals surface area contributed by atoms with Crippen LogP contribution in [0.3, 0.4) is 0 Å². The van der Waals surface area contributed by atoms with E-state index in [2.05, 4.69) is 63.4 Å². The smallest absolute Gasteiger partial charge is 0.0155 e. The predicted octanol–water partition coefficient (Wildman–Crippen LogP) is 5.65. The van der Waals surface area contributed by atoms with Crippen molar-refractivity contribution in [3.8, 4) is 0 Å². The minimum Gasteiger partial charge on any atom is -0.309 e. The van der Waals surface area contributed by atoms with Crippen molar-refractivity contribution in [1.29, 1.82) is 5.41 Å². The van der Waals surface area contributed by atoms with Gasteiger partial charge in [0.15, 0.2) is 0 Å². The minimum absolute atomic E-state index is 0.302. The fourth-order valence-electron chi connectivity index (χ4n) is 2.38. The van der Waals surface area contributed by atoms with E-state index in [0.717, 1.165) is 23.3 Å². The summed E-state index contributed by atoms with van der Waals surface area (Å²) < 4.78 is 0. The summed E-state index contributed by atoms with van der Waals surface area (Å²) in [5.74, 6) is 0.302. The second-order valence-electron chi connectivity index (χ2n) is 5.93. The normalized spacial score (nSPS) is 10.8. The van der Waals surface area contributed by atoms with Crippen molar-refractivity contribution in [2.24, 2.45) is 5.92 Å². The van der Waals surface area contributed by atoms with Gasteiger partial charge in [-0.2, -0.15) is 0 Å². The van der Waals surface area contributed by atoms with Crippen molar-refractivity contribution >= 4 is 22.6 Å². The first-order valence-electron chi connectivity index (χ1n) is 7.38. The lowest BCUT2D eigenvalue weighted by Crippen LogP contribution is -2.07. The van der Waals surface area contributed by atoms with E-state index in [1.807, 2.05) is 6.08 Å². The summed E-state index contributed by atoms with van der Waals surface area (Å²) in [6.45, 7) is 12.0. The zero-order valence-electron chi connectivity index (χ0n) is 12.9. The van der Waals surface area contributed by atoms with Gasteiger partial charge in [-0.05, 0) is 40.3 Å². The van der Waals surface area contributed by atoms with E-state index >= 15 is 0 Å². The first-order valence-corrected chi connectivity index (χ1v) is 7.38. The number of nitrogens with one attached hydrogen (secondary N) is 1. The third kappa shape index (κ3) is 3.91. The third-order valence-electron chi connectivity index (χ3n) is 3.76. The Kier molecular flexibility index (Phi) is 4.74. The van der Waals surface area contributed by atoms with Gasteiger partial charge in [-0.1, -0.05) is 69.0 Å². The van der Waals surface area contributed by atoms with Gasteiger partial charge in [0, 0.05) is 12.1 Å². The molecule has 1 N–H and O–H groups in total. The van der Waals surface area contributed by atoms with Gasteiger partial charge in [-0.3, -0.25) is 0 Å². The van der Waals surface area contributed by atoms with Gasteiger partial charge in [0.1, 0.15) is 0 Å². The van der Waals surface area contributed by atoms with Crippen LogP contribution >= 0.6 is 0 Å². The first kappa shape index (κ1) is 15.2. The van der Waals surface area contributed by atoms with Gasteiger partial charge in [0.25, 0.3) is 0 Å². The summed E-state index contributed by atoms with van der Waals surface area (Å²) in [4.78, 5) is 0. The Labute approximate surface area is 127 Å². The molecule has 0 heterocycles. The van der Waals surface area contributed by atoms with Gasteiger partial charge >= 0.3 is 0 Å². The Morgan fingerprint density at radius 3 is 2.48 bits per heavy atom. The van der Waals surface area contributed by atoms with E-state index in [9.17, 15) is 0 Å². The Bertz CT molecular complexity index is 692. The molecule has 0 bridgehead atoms. The molecule has 0 aromatic heterocycles. The molecule has 0 fully saturated rings. The molecule has 0 atom stereocenters. The van der Waals surface area contributed by atoms with E-state index in [0.29, 0.717) is 12.3 Å². The van der Waals surface area contributed by atoms with Crippen LogP contribution in [0.15, 0.2) is 55.1 Å². The Morgan fingerprint density at radius 1 is 1.14 bits per heavy atom. The summed E-state index contributed by atoms with van der Waals surface area (Å²) in [5, 5.41) is 10.4. The lowest BCUT2D eigenvalue weighted by molar-refractivity contribution is 0.848. The van der Waals surface area contributed by atoms with Crippen molar-refractivity contribution in [2.45, 2.75) is 26.7 Å². The van der Waals surface area contributed by atoms with E-state index in [1.165, 1.54) is 16.3 Å². The zero-order chi connectivity index (χ0) is 15.4. The average Bonchev–Trinajstić information content (AvgIpc) is 2.46. The number of rotatable bonds is 6. The van der Waals surface area contributed by atoms with Crippen molar-refractivity contribution in [1.82, 2.24) is 0 Å². The van der Waals surface area contributed by atoms with Crippen LogP contribution in [-0.2, 0) is 6.42 Å². The van der Waals surface area contributed by atoms with Gasteiger partial charge in [0.2, 0.25) is 0 Å². The van der Waals surface area contributed by atoms with Crippen LogP contribution in [0.5, 0.6) is 0 Å². The SMILES string of the molecule is C=Cc1ccc2cc(CC(=C)CC(=N)C(C)C)ccc2c1. The first-order chi connectivity index (χ1) is 9.99. The highest BCUT2D eigenvalue weighted by Gasteiger charge is 2.06. The Morgan fingerprint density at radius 2 is 1.81 bits per heavy atom. The summed E-state index contributed by atoms with van der Waals surface area (Å²) in [5.41, 5.74) is 4.27. The van der Waals surface area contributed by atoms with Crippen LogP contribution in [0.4, 0.5) is 0 Å². The maximum atomic E-state index is 7.95. The molecule has 0 saturated heterocycles. The molecule has 2 rings (SSSR count). The molecule has 2 aromatic rings. The quantitative estimate of drug-likeness (QED) is 0.521. The summed E-state index contributed by atoms with van der Waals surface area (Å²) in [6.07, 6.45) is 3.41. The highest BCUT2D eigenvalue weighted by molar-refractivity contribution is 5.86. The van der Waals surface area contributed by atoms with E-state index in [1.54, 1.807) is 0 Å². The lowest BCUT2D eigenvalue weighted by Gasteiger charge is -2.11. The maximum Gasteiger partial charge on any atom is 0.0155 e. The van der Waals surface area contributed by atoms with Crippen LogP contribution in [0.1, 0.15) is 31.4 Å². The number of benzene rings is 2. The molecule has 108 valence electrons. The van der Waals surface area contributed by atoms with Gasteiger partial charge in [-0.25, -0.2) is 0 Å². The Hall–Kier alpha value is -2.15. The predicted molar refractivity (Wildman–Crippen MR) is 94.1 cm³/mol. The molecule has 2 aromatic carbocycles. The fraction of sp³-hybridized carbons (Fsp3) is 0.250. The molecule has 0 amide bonds. The van der Waals surface area contributed by atoms with Crippen molar-refractivity contribution in [2.75, 3.05) is 0 Å². The number of allylic oxidation sites excluding steroid dienone is 1. The van der Waals surface area contributed by atoms with Crippen LogP contribution in [-0.4, -0.2) is 5.71 Å². The molecular weight excluding hydrogens is 254 g/mol. The van der Waals surface area contributed by atoms with Crippen LogP contribution in [0.2, 0.25) is 0 Å². The van der Waals surface area contributed by atoms with Crippen LogP contribution in [0, 0.1) is 11.3 Å². The van der Waals surface area contributed by atoms with Gasteiger partial charge < -0.3 is 5.41 Å². The number of hydrogen-bond donors (Lipinski definition) is 1. The maximum absolute atomic E-state index is 7.95. The molecule has 0 radical (unpaired) electrons. The molecule has 0 saturated carbocycles. The topological polar surface area (TPSA) is 23.9 Å². The minimum atomic E-state index is 0.302. The molecular formula is C20H23N. The fourth-order valence-corrected chi connectivity index (χ4v) is 2.38. The highest BCUT2D eigenvalue weighted by atomic mass is 14.4. The molecule has 0 aliphatic rings. The van der Waals surface area contributed by atoms with Crippen molar-refractivity contribution in [3.63, 3.8) is 0 Å². The van der Waals surface area contributed by atoms with Crippen molar-refractivity contribution < 1.29 is 0 Å². The molecule has 0 aliphatic carbocycles. The largest absolute Gasteiger partial charge is 0.309 e. The molecule has 0 unspecified atom stereocenters. The lowest BCUT2D eigenvalue weighted by atomic mass is 9.95. The zero-order valence-corrected chi connectivity index (χ0v) is 12.9. The molecule has 21 heavy (non-hydrogen) atoms. The molecule has 1 nitrogen and oxygen atoms in total. The number of hydrogen-bond acceptors (Lipinski definition) is 1. The van der Waals surface area contributed by atoms with E-state index in [-0.39, 0.29) is 0 Å². The van der Waals surface area contributed by atoms with E-state index in [4.69, 9.17) is 5.41 Å². The second-order valence-corrected chi connectivity index (χ2v) is 5.93. The molecule has 0 spiro atoms. The monoisotopic (exact) mass is 277 g/mol. The third-order valence-corrected chi connectivity index (χ3v) is 3.76. The molecule has 0 aliphatic heterocycles. The summed E-state index contributed by atoms with van der Waals surface area (Å²) in [6, 6.07) is 12.9. The van der Waals surface area contributed by atoms with Gasteiger partial charge in [0.05, 0.1) is 0 Å². The summed E-state index contributed by atoms with van der Waals surface area (Å²) >= 11 is 0. The highest BCUT2D eigenvalue weighted by Crippen LogP contribution is 2.21. The second kappa shape index (κ2) is 6.53. The standard InChI is InChI=1S/C20H23N/c1-5-16-6-8-19-13-17(7-9-18(19)12-16)10-15(4)11-20(21)14(2)3/h5-9,12-14,21H,1,4,10-11H2,2-3H3. The van der Waals surface area contributed by atoms with Crippen molar-refractivity contribution in [3.05, 3.63) is 66.3 Å². The summed E-state index contributed by atoms with van der Waals surface area (Å²) in [7, 11) is 0. The Balaban J connectivity index is 2.14. The van der Waals surface area contributed by atoms with E-state index < -0.39 is 0 Å². The van der Waals surface area contributed by atoms with Crippen LogP contribution < -0.4 is 0 Å². The molecule has 1 heteroatoms. The number of fused-ring (bicyclic) bond motifs is 1. The average molecular weight is 277 g/mol. The van der Waals surface area contributed by atoms with Crippen LogP contribution in [0.25, 0.3) is 16.8 Å². The van der Waals surface area contributed by atoms with Gasteiger partial charge in [-0.15, -0.1) is 0 Å².